The van der Waals surface area contributed by atoms with Crippen molar-refractivity contribution in [1.82, 2.24) is 0 Å². The predicted octanol–water partition coefficient (Wildman–Crippen LogP) is 5.47. The molecule has 4 heteroatoms. The van der Waals surface area contributed by atoms with Crippen molar-refractivity contribution >= 4 is 45.8 Å². The summed E-state index contributed by atoms with van der Waals surface area (Å²) >= 11 is 0. The van der Waals surface area contributed by atoms with Crippen LogP contribution in [0.3, 0.4) is 0 Å². The van der Waals surface area contributed by atoms with Crippen molar-refractivity contribution in [3.8, 4) is 23.0 Å². The Kier molecular flexibility index (Phi) is 3.36. The number of rotatable bonds is 0. The molecule has 5 rings (SSSR count). The Labute approximate surface area is 160 Å². The molecule has 28 heavy (non-hydrogen) atoms. The van der Waals surface area contributed by atoms with Gasteiger partial charge in [0.05, 0.1) is 0 Å². The first kappa shape index (κ1) is 16.3. The molecule has 0 saturated carbocycles. The minimum atomic E-state index is -0.141. The molecule has 4 N–H and O–H groups in total. The van der Waals surface area contributed by atoms with E-state index in [-0.39, 0.29) is 23.0 Å². The highest BCUT2D eigenvalue weighted by atomic mass is 16.3. The van der Waals surface area contributed by atoms with Crippen molar-refractivity contribution < 1.29 is 20.4 Å². The maximum absolute atomic E-state index is 9.77. The third kappa shape index (κ3) is 2.55. The fraction of sp³-hybridized carbons (Fsp3) is 0. The van der Waals surface area contributed by atoms with Crippen LogP contribution in [0.5, 0.6) is 23.0 Å². The van der Waals surface area contributed by atoms with Gasteiger partial charge in [0.1, 0.15) is 0 Å². The van der Waals surface area contributed by atoms with Crippen molar-refractivity contribution in [3.63, 3.8) is 0 Å². The Balaban J connectivity index is 1.70. The third-order valence-corrected chi connectivity index (χ3v) is 5.16. The first-order valence-electron chi connectivity index (χ1n) is 8.83. The van der Waals surface area contributed by atoms with E-state index in [1.165, 1.54) is 0 Å². The molecule has 0 fully saturated rings. The zero-order valence-electron chi connectivity index (χ0n) is 14.7. The van der Waals surface area contributed by atoms with Crippen molar-refractivity contribution in [2.75, 3.05) is 0 Å². The molecule has 0 bridgehead atoms. The van der Waals surface area contributed by atoms with Gasteiger partial charge in [-0.3, -0.25) is 0 Å². The van der Waals surface area contributed by atoms with Crippen LogP contribution in [-0.4, -0.2) is 20.4 Å². The predicted molar refractivity (Wildman–Crippen MR) is 112 cm³/mol. The summed E-state index contributed by atoms with van der Waals surface area (Å²) in [4.78, 5) is 0. The lowest BCUT2D eigenvalue weighted by Crippen LogP contribution is -1.89. The summed E-state index contributed by atoms with van der Waals surface area (Å²) in [6.45, 7) is 0. The zero-order chi connectivity index (χ0) is 19.4. The number of aromatic hydroxyl groups is 4. The Bertz CT molecular complexity index is 1140. The lowest BCUT2D eigenvalue weighted by molar-refractivity contribution is 0.405. The monoisotopic (exact) mass is 368 g/mol. The minimum Gasteiger partial charge on any atom is -0.504 e. The molecule has 4 nitrogen and oxygen atoms in total. The molecule has 136 valence electrons. The molecule has 0 radical (unpaired) electrons. The number of fused-ring (bicyclic) bond motifs is 4. The summed E-state index contributed by atoms with van der Waals surface area (Å²) in [5, 5.41) is 42.5. The molecule has 0 aliphatic heterocycles. The smallest absolute Gasteiger partial charge is 0.158 e. The molecule has 0 aromatic heterocycles. The molecule has 0 atom stereocenters. The van der Waals surface area contributed by atoms with Crippen LogP contribution in [0.2, 0.25) is 0 Å². The molecule has 1 aliphatic rings. The maximum Gasteiger partial charge on any atom is 0.158 e. The first-order chi connectivity index (χ1) is 13.5. The second-order valence-electron chi connectivity index (χ2n) is 7.01. The highest BCUT2D eigenvalue weighted by molar-refractivity contribution is 5.98. The van der Waals surface area contributed by atoms with Crippen molar-refractivity contribution in [2.45, 2.75) is 0 Å². The van der Waals surface area contributed by atoms with Gasteiger partial charge in [-0.2, -0.15) is 0 Å². The molecular formula is C24H16O4. The summed E-state index contributed by atoms with van der Waals surface area (Å²) in [6, 6.07) is 14.1. The lowest BCUT2D eigenvalue weighted by Gasteiger charge is -2.12. The van der Waals surface area contributed by atoms with E-state index in [1.54, 1.807) is 24.3 Å². The average Bonchev–Trinajstić information content (AvgIpc) is 2.65. The van der Waals surface area contributed by atoms with Gasteiger partial charge in [0, 0.05) is 0 Å². The van der Waals surface area contributed by atoms with E-state index in [1.807, 2.05) is 48.6 Å². The Hall–Kier alpha value is -3.92. The van der Waals surface area contributed by atoms with Gasteiger partial charge in [-0.15, -0.1) is 0 Å². The van der Waals surface area contributed by atoms with Crippen LogP contribution in [0, 0.1) is 0 Å². The minimum absolute atomic E-state index is 0.141. The molecule has 0 saturated heterocycles. The SMILES string of the molecule is Oc1cc2cc3c(cc2cc1O)/C=C\c1cc2cc(O)c(O)cc2cc1C=C3. The van der Waals surface area contributed by atoms with E-state index >= 15 is 0 Å². The average molecular weight is 368 g/mol. The molecule has 0 heterocycles. The number of phenolic OH excluding ortho intramolecular Hbond substituents is 4. The summed E-state index contributed by atoms with van der Waals surface area (Å²) < 4.78 is 0. The molecule has 4 aromatic carbocycles. The number of benzene rings is 4. The summed E-state index contributed by atoms with van der Waals surface area (Å²) in [5.41, 5.74) is 3.97. The quantitative estimate of drug-likeness (QED) is 0.273. The molecule has 0 amide bonds. The van der Waals surface area contributed by atoms with Gasteiger partial charge in [0.2, 0.25) is 0 Å². The van der Waals surface area contributed by atoms with Crippen LogP contribution in [0.1, 0.15) is 22.3 Å². The highest BCUT2D eigenvalue weighted by Crippen LogP contribution is 2.36. The fourth-order valence-electron chi connectivity index (χ4n) is 3.66. The van der Waals surface area contributed by atoms with E-state index in [9.17, 15) is 20.4 Å². The van der Waals surface area contributed by atoms with E-state index in [0.29, 0.717) is 0 Å². The molecule has 1 aliphatic carbocycles. The molecule has 0 unspecified atom stereocenters. The zero-order valence-corrected chi connectivity index (χ0v) is 14.7. The Morgan fingerprint density at radius 1 is 0.321 bits per heavy atom. The second-order valence-corrected chi connectivity index (χ2v) is 7.01. The van der Waals surface area contributed by atoms with Crippen molar-refractivity contribution in [2.24, 2.45) is 0 Å². The van der Waals surface area contributed by atoms with Gasteiger partial charge in [0.15, 0.2) is 23.0 Å². The largest absolute Gasteiger partial charge is 0.504 e. The van der Waals surface area contributed by atoms with Gasteiger partial charge >= 0.3 is 0 Å². The van der Waals surface area contributed by atoms with Crippen LogP contribution >= 0.6 is 0 Å². The number of hydrogen-bond donors (Lipinski definition) is 4. The van der Waals surface area contributed by atoms with E-state index in [2.05, 4.69) is 0 Å². The molecule has 0 spiro atoms. The normalized spacial score (nSPS) is 13.7. The van der Waals surface area contributed by atoms with Crippen molar-refractivity contribution in [1.29, 1.82) is 0 Å². The highest BCUT2D eigenvalue weighted by Gasteiger charge is 2.10. The molecular weight excluding hydrogens is 352 g/mol. The standard InChI is InChI=1S/C24H16O4/c25-21-9-17-5-13-1-2-14-6-18-10-22(26)24(28)12-20(18)8-16(14)4-3-15(13)7-19(17)11-23(21)27/h1-12,25-28H/b2-1-,4-3?,13-1?,14-2?,15-3?,16-4?. The van der Waals surface area contributed by atoms with E-state index in [0.717, 1.165) is 43.8 Å². The Morgan fingerprint density at radius 3 is 0.750 bits per heavy atom. The van der Waals surface area contributed by atoms with Gasteiger partial charge < -0.3 is 20.4 Å². The topological polar surface area (TPSA) is 80.9 Å². The van der Waals surface area contributed by atoms with Crippen molar-refractivity contribution in [3.05, 3.63) is 70.8 Å². The van der Waals surface area contributed by atoms with E-state index in [4.69, 9.17) is 0 Å². The van der Waals surface area contributed by atoms with Gasteiger partial charge in [-0.25, -0.2) is 0 Å². The third-order valence-electron chi connectivity index (χ3n) is 5.16. The van der Waals surface area contributed by atoms with Crippen LogP contribution in [0.15, 0.2) is 48.5 Å². The lowest BCUT2D eigenvalue weighted by atomic mass is 9.93. The number of phenols is 4. The van der Waals surface area contributed by atoms with Crippen LogP contribution in [0.4, 0.5) is 0 Å². The fourth-order valence-corrected chi connectivity index (χ4v) is 3.66. The van der Waals surface area contributed by atoms with Crippen LogP contribution in [0.25, 0.3) is 45.8 Å². The Morgan fingerprint density at radius 2 is 0.536 bits per heavy atom. The van der Waals surface area contributed by atoms with Crippen LogP contribution < -0.4 is 0 Å². The maximum atomic E-state index is 9.77. The van der Waals surface area contributed by atoms with E-state index < -0.39 is 0 Å². The van der Waals surface area contributed by atoms with Crippen LogP contribution in [-0.2, 0) is 0 Å². The summed E-state index contributed by atoms with van der Waals surface area (Å²) in [7, 11) is 0. The summed E-state index contributed by atoms with van der Waals surface area (Å²) in [6.07, 6.45) is 8.03. The number of hydrogen-bond acceptors (Lipinski definition) is 4. The molecule has 4 aromatic rings. The van der Waals surface area contributed by atoms with Gasteiger partial charge in [0.25, 0.3) is 0 Å². The van der Waals surface area contributed by atoms with Gasteiger partial charge in [-0.1, -0.05) is 24.3 Å². The summed E-state index contributed by atoms with van der Waals surface area (Å²) in [5.74, 6) is -0.564. The second kappa shape index (κ2) is 5.79. The first-order valence-corrected chi connectivity index (χ1v) is 8.83. The van der Waals surface area contributed by atoms with Gasteiger partial charge in [-0.05, 0) is 92.3 Å².